The van der Waals surface area contributed by atoms with Crippen LogP contribution in [0.4, 0.5) is 9.18 Å². The van der Waals surface area contributed by atoms with Crippen molar-refractivity contribution in [3.63, 3.8) is 0 Å². The SMILES string of the molecule is COCC(C)(C)N(C(=O)O)[C@@H]1C(=O)N2C[C@H](Oc3ncc(OC)c4ccccc34)C[C@H]2C(=O)N[C@]2(C(=O)NS(=O)(=O)C3(CF)CC3)C[C@H]2/C=C\CC[C@H](C)C[C@H]1C. The third-order valence-electron chi connectivity index (χ3n) is 12.1. The number of benzene rings is 1. The molecule has 2 aromatic rings. The third-order valence-corrected chi connectivity index (χ3v) is 14.2. The Balaban J connectivity index is 1.41. The first-order valence-electron chi connectivity index (χ1n) is 19.5. The normalized spacial score (nSPS) is 29.5. The molecular formula is C40H54FN5O10S. The number of pyridine rings is 1. The summed E-state index contributed by atoms with van der Waals surface area (Å²) in [5, 5.41) is 14.9. The highest BCUT2D eigenvalue weighted by Gasteiger charge is 2.64. The fourth-order valence-electron chi connectivity index (χ4n) is 8.63. The topological polar surface area (TPSA) is 194 Å². The molecule has 6 rings (SSSR count). The Morgan fingerprint density at radius 1 is 1.14 bits per heavy atom. The minimum absolute atomic E-state index is 0.0202. The minimum Gasteiger partial charge on any atom is -0.494 e. The summed E-state index contributed by atoms with van der Waals surface area (Å²) in [6, 6.07) is 4.78. The smallest absolute Gasteiger partial charge is 0.408 e. The zero-order chi connectivity index (χ0) is 41.5. The second-order valence-electron chi connectivity index (χ2n) is 16.8. The van der Waals surface area contributed by atoms with Crippen LogP contribution in [0.15, 0.2) is 42.6 Å². The zero-order valence-corrected chi connectivity index (χ0v) is 34.1. The molecule has 0 bridgehead atoms. The third kappa shape index (κ3) is 8.14. The molecule has 1 aromatic heterocycles. The quantitative estimate of drug-likeness (QED) is 0.276. The molecule has 3 heterocycles. The number of amides is 4. The number of carbonyl (C=O) groups is 4. The van der Waals surface area contributed by atoms with E-state index in [-0.39, 0.29) is 50.6 Å². The predicted octanol–water partition coefficient (Wildman–Crippen LogP) is 4.20. The molecule has 1 saturated heterocycles. The number of ether oxygens (including phenoxy) is 3. The molecular weight excluding hydrogens is 762 g/mol. The van der Waals surface area contributed by atoms with Crippen LogP contribution in [0.1, 0.15) is 72.6 Å². The van der Waals surface area contributed by atoms with Gasteiger partial charge in [-0.1, -0.05) is 44.2 Å². The van der Waals surface area contributed by atoms with Crippen LogP contribution in [0.5, 0.6) is 11.6 Å². The number of hydrogen-bond acceptors (Lipinski definition) is 10. The maximum atomic E-state index is 15.2. The molecule has 312 valence electrons. The van der Waals surface area contributed by atoms with E-state index >= 15 is 4.79 Å². The molecule has 0 unspecified atom stereocenters. The first-order valence-corrected chi connectivity index (χ1v) is 20.9. The molecule has 17 heteroatoms. The first-order chi connectivity index (χ1) is 26.9. The number of sulfonamides is 1. The monoisotopic (exact) mass is 815 g/mol. The standard InChI is InChI=1S/C40H54FN5O10S/c1-24-11-7-8-12-26-19-40(26,36(49)44-57(52,53)39(22-41)15-16-39)43-33(47)30-18-27(56-34-29-14-10-9-13-28(29)31(55-6)20-42-34)21-45(30)35(48)32(25(2)17-24)46(37(50)51)38(3,4)23-54-5/h8-10,12-14,20,24-27,30,32H,7,11,15-19,21-23H2,1-6H3,(H,43,47)(H,44,49)(H,50,51)/b12-8-/t24-,25+,26+,27+,30-,32-,40+/m0/s1. The van der Waals surface area contributed by atoms with Crippen LogP contribution in [-0.4, -0.2) is 120 Å². The van der Waals surface area contributed by atoms with E-state index in [0.717, 1.165) is 10.3 Å². The molecule has 0 spiro atoms. The summed E-state index contributed by atoms with van der Waals surface area (Å²) >= 11 is 0. The second kappa shape index (κ2) is 16.0. The second-order valence-corrected chi connectivity index (χ2v) is 18.9. The summed E-state index contributed by atoms with van der Waals surface area (Å²) in [6.45, 7) is 5.90. The van der Waals surface area contributed by atoms with E-state index in [1.54, 1.807) is 26.0 Å². The van der Waals surface area contributed by atoms with Crippen molar-refractivity contribution >= 4 is 44.6 Å². The maximum Gasteiger partial charge on any atom is 0.408 e. The molecule has 0 radical (unpaired) electrons. The number of rotatable bonds is 11. The number of aromatic nitrogens is 1. The van der Waals surface area contributed by atoms with Crippen LogP contribution < -0.4 is 19.5 Å². The van der Waals surface area contributed by atoms with Crippen LogP contribution in [-0.2, 0) is 29.1 Å². The molecule has 15 nitrogen and oxygen atoms in total. The number of allylic oxidation sites excluding steroid dienone is 1. The number of nitrogens with one attached hydrogen (secondary N) is 2. The highest BCUT2D eigenvalue weighted by Crippen LogP contribution is 2.48. The molecule has 1 aromatic carbocycles. The number of carbonyl (C=O) groups excluding carboxylic acids is 3. The van der Waals surface area contributed by atoms with E-state index in [4.69, 9.17) is 14.2 Å². The van der Waals surface area contributed by atoms with Gasteiger partial charge in [0.15, 0.2) is 0 Å². The van der Waals surface area contributed by atoms with Gasteiger partial charge in [-0.2, -0.15) is 0 Å². The molecule has 3 fully saturated rings. The predicted molar refractivity (Wildman–Crippen MR) is 208 cm³/mol. The van der Waals surface area contributed by atoms with E-state index in [1.165, 1.54) is 25.3 Å². The van der Waals surface area contributed by atoms with Crippen molar-refractivity contribution in [3.8, 4) is 11.6 Å². The van der Waals surface area contributed by atoms with Gasteiger partial charge in [-0.15, -0.1) is 0 Å². The average molecular weight is 816 g/mol. The lowest BCUT2D eigenvalue weighted by molar-refractivity contribution is -0.147. The van der Waals surface area contributed by atoms with E-state index in [9.17, 15) is 32.3 Å². The molecule has 3 N–H and O–H groups in total. The number of halogens is 1. The van der Waals surface area contributed by atoms with Crippen molar-refractivity contribution in [2.24, 2.45) is 17.8 Å². The van der Waals surface area contributed by atoms with Gasteiger partial charge in [0, 0.05) is 30.2 Å². The van der Waals surface area contributed by atoms with E-state index in [0.29, 0.717) is 30.4 Å². The Morgan fingerprint density at radius 3 is 2.47 bits per heavy atom. The van der Waals surface area contributed by atoms with Gasteiger partial charge in [-0.05, 0) is 70.3 Å². The molecule has 4 amide bonds. The van der Waals surface area contributed by atoms with Gasteiger partial charge in [0.2, 0.25) is 27.7 Å². The van der Waals surface area contributed by atoms with Crippen LogP contribution in [0.25, 0.3) is 10.8 Å². The highest BCUT2D eigenvalue weighted by atomic mass is 32.2. The van der Waals surface area contributed by atoms with Crippen molar-refractivity contribution in [1.82, 2.24) is 24.8 Å². The highest BCUT2D eigenvalue weighted by molar-refractivity contribution is 7.91. The summed E-state index contributed by atoms with van der Waals surface area (Å²) < 4.78 is 58.1. The van der Waals surface area contributed by atoms with Gasteiger partial charge < -0.3 is 29.5 Å². The Bertz CT molecular complexity index is 2030. The van der Waals surface area contributed by atoms with E-state index in [2.05, 4.69) is 15.0 Å². The Labute approximate surface area is 332 Å². The van der Waals surface area contributed by atoms with Gasteiger partial charge in [0.25, 0.3) is 5.91 Å². The van der Waals surface area contributed by atoms with E-state index in [1.807, 2.05) is 38.1 Å². The molecule has 4 aliphatic rings. The van der Waals surface area contributed by atoms with Gasteiger partial charge in [0.05, 0.1) is 32.0 Å². The minimum atomic E-state index is -4.41. The molecule has 57 heavy (non-hydrogen) atoms. The Hall–Kier alpha value is -4.51. The maximum absolute atomic E-state index is 15.2. The van der Waals surface area contributed by atoms with Crippen molar-refractivity contribution in [2.45, 2.75) is 107 Å². The first kappa shape index (κ1) is 42.1. The molecule has 7 atom stereocenters. The van der Waals surface area contributed by atoms with Crippen LogP contribution >= 0.6 is 0 Å². The lowest BCUT2D eigenvalue weighted by Gasteiger charge is -2.45. The molecule has 2 aliphatic carbocycles. The number of fused-ring (bicyclic) bond motifs is 3. The van der Waals surface area contributed by atoms with Crippen LogP contribution in [0, 0.1) is 17.8 Å². The average Bonchev–Trinajstić information content (AvgIpc) is 4.06. The fraction of sp³-hybridized carbons (Fsp3) is 0.625. The van der Waals surface area contributed by atoms with Crippen molar-refractivity contribution in [1.29, 1.82) is 0 Å². The number of nitrogens with zero attached hydrogens (tertiary/aromatic N) is 3. The largest absolute Gasteiger partial charge is 0.494 e. The fourth-order valence-corrected chi connectivity index (χ4v) is 10.1. The number of alkyl halides is 1. The van der Waals surface area contributed by atoms with Crippen molar-refractivity contribution in [3.05, 3.63) is 42.6 Å². The van der Waals surface area contributed by atoms with Crippen molar-refractivity contribution in [2.75, 3.05) is 34.0 Å². The molecule has 2 aliphatic heterocycles. The summed E-state index contributed by atoms with van der Waals surface area (Å²) in [6.07, 6.45) is 4.93. The summed E-state index contributed by atoms with van der Waals surface area (Å²) in [7, 11) is -1.44. The van der Waals surface area contributed by atoms with Crippen LogP contribution in [0.2, 0.25) is 0 Å². The summed E-state index contributed by atoms with van der Waals surface area (Å²) in [5.41, 5.74) is -2.86. The van der Waals surface area contributed by atoms with Crippen LogP contribution in [0.3, 0.4) is 0 Å². The van der Waals surface area contributed by atoms with Gasteiger partial charge >= 0.3 is 6.09 Å². The number of methoxy groups -OCH3 is 2. The van der Waals surface area contributed by atoms with Crippen molar-refractivity contribution < 1.29 is 51.3 Å². The number of carboxylic acid groups (broad SMARTS) is 1. The van der Waals surface area contributed by atoms with E-state index < -0.39 is 86.4 Å². The summed E-state index contributed by atoms with van der Waals surface area (Å²) in [5.74, 6) is -2.65. The van der Waals surface area contributed by atoms with Gasteiger partial charge in [0.1, 0.15) is 40.9 Å². The number of hydrogen-bond donors (Lipinski definition) is 3. The van der Waals surface area contributed by atoms with Gasteiger partial charge in [-0.25, -0.2) is 22.6 Å². The Morgan fingerprint density at radius 2 is 1.84 bits per heavy atom. The van der Waals surface area contributed by atoms with Gasteiger partial charge in [-0.3, -0.25) is 24.0 Å². The Kier molecular flexibility index (Phi) is 11.8. The lowest BCUT2D eigenvalue weighted by Crippen LogP contribution is -2.64. The molecule has 2 saturated carbocycles. The lowest BCUT2D eigenvalue weighted by atomic mass is 9.85. The zero-order valence-electron chi connectivity index (χ0n) is 33.3. The summed E-state index contributed by atoms with van der Waals surface area (Å²) in [4.78, 5) is 63.9.